The van der Waals surface area contributed by atoms with Gasteiger partial charge >= 0.3 is 6.61 Å². The number of primary amides is 1. The van der Waals surface area contributed by atoms with Gasteiger partial charge in [0, 0.05) is 16.0 Å². The van der Waals surface area contributed by atoms with Crippen molar-refractivity contribution >= 4 is 28.3 Å². The maximum Gasteiger partial charge on any atom is 0.387 e. The van der Waals surface area contributed by atoms with Gasteiger partial charge in [0.15, 0.2) is 23.2 Å². The largest absolute Gasteiger partial charge is 0.493 e. The first-order valence-corrected chi connectivity index (χ1v) is 10.5. The number of methoxy groups -OCH3 is 2. The number of anilines is 1. The van der Waals surface area contributed by atoms with E-state index in [1.54, 1.807) is 12.1 Å². The lowest BCUT2D eigenvalue weighted by Crippen LogP contribution is -2.20. The molecule has 0 saturated heterocycles. The maximum absolute atomic E-state index is 12.9. The van der Waals surface area contributed by atoms with E-state index in [4.69, 9.17) is 19.9 Å². The lowest BCUT2D eigenvalue weighted by Gasteiger charge is -2.15. The van der Waals surface area contributed by atoms with Crippen LogP contribution in [0.5, 0.6) is 23.0 Å². The van der Waals surface area contributed by atoms with Crippen molar-refractivity contribution in [1.29, 1.82) is 0 Å². The molecule has 0 radical (unpaired) electrons. The molecule has 2 aromatic carbocycles. The number of nitrogens with two attached hydrogens (primary N) is 1. The zero-order valence-electron chi connectivity index (χ0n) is 18.4. The van der Waals surface area contributed by atoms with E-state index < -0.39 is 25.0 Å². The number of aromatic nitrogens is 1. The highest BCUT2D eigenvalue weighted by Gasteiger charge is 2.20. The van der Waals surface area contributed by atoms with Gasteiger partial charge in [0.25, 0.3) is 11.8 Å². The molecule has 0 saturated carbocycles. The quantitative estimate of drug-likeness (QED) is 0.440. The Kier molecular flexibility index (Phi) is 7.84. The average Bonchev–Trinajstić information content (AvgIpc) is 3.16. The van der Waals surface area contributed by atoms with Crippen molar-refractivity contribution < 1.29 is 37.3 Å². The van der Waals surface area contributed by atoms with E-state index in [2.05, 4.69) is 15.0 Å². The molecule has 3 N–H and O–H groups in total. The molecule has 0 aliphatic rings. The molecule has 1 heterocycles. The number of carbonyl (C=O) groups is 2. The van der Waals surface area contributed by atoms with Crippen molar-refractivity contribution in [1.82, 2.24) is 4.98 Å². The third-order valence-electron chi connectivity index (χ3n) is 4.45. The van der Waals surface area contributed by atoms with Gasteiger partial charge in [0.2, 0.25) is 5.75 Å². The van der Waals surface area contributed by atoms with Crippen LogP contribution in [0.2, 0.25) is 0 Å². The van der Waals surface area contributed by atoms with E-state index in [1.165, 1.54) is 49.8 Å². The zero-order valence-corrected chi connectivity index (χ0v) is 19.2. The fourth-order valence-corrected chi connectivity index (χ4v) is 3.81. The van der Waals surface area contributed by atoms with Crippen LogP contribution in [0, 0.1) is 6.92 Å². The van der Waals surface area contributed by atoms with Crippen LogP contribution in [0.25, 0.3) is 11.3 Å². The molecule has 9 nitrogen and oxygen atoms in total. The fraction of sp³-hybridized carbons (Fsp3) is 0.227. The Labute approximate surface area is 197 Å². The number of thiazole rings is 1. The molecule has 0 bridgehead atoms. The molecular weight excluding hydrogens is 472 g/mol. The summed E-state index contributed by atoms with van der Waals surface area (Å²) in [5, 5.41) is 3.05. The maximum atomic E-state index is 12.9. The Balaban J connectivity index is 1.81. The number of nitrogens with zero attached hydrogens (tertiary/aromatic N) is 1. The van der Waals surface area contributed by atoms with Crippen LogP contribution >= 0.6 is 11.3 Å². The van der Waals surface area contributed by atoms with Gasteiger partial charge in [-0.05, 0) is 43.3 Å². The lowest BCUT2D eigenvalue weighted by atomic mass is 10.1. The van der Waals surface area contributed by atoms with E-state index in [-0.39, 0.29) is 28.6 Å². The SMILES string of the molecule is COc1cc(C(=O)Nc2nc(-c3ccc(OC(F)F)cc3)c(C)s2)cc(OC)c1OCC(N)=O. The summed E-state index contributed by atoms with van der Waals surface area (Å²) in [6.45, 7) is -1.48. The molecule has 12 heteroatoms. The summed E-state index contributed by atoms with van der Waals surface area (Å²) in [5.74, 6) is -0.657. The molecule has 0 atom stereocenters. The van der Waals surface area contributed by atoms with Crippen LogP contribution in [-0.4, -0.2) is 44.2 Å². The second kappa shape index (κ2) is 10.8. The third kappa shape index (κ3) is 5.90. The van der Waals surface area contributed by atoms with Gasteiger partial charge in [-0.2, -0.15) is 8.78 Å². The molecule has 2 amide bonds. The lowest BCUT2D eigenvalue weighted by molar-refractivity contribution is -0.120. The Morgan fingerprint density at radius 3 is 2.26 bits per heavy atom. The molecule has 34 heavy (non-hydrogen) atoms. The molecule has 1 aromatic heterocycles. The topological polar surface area (TPSA) is 122 Å². The second-order valence-electron chi connectivity index (χ2n) is 6.75. The summed E-state index contributed by atoms with van der Waals surface area (Å²) in [6.07, 6.45) is 0. The molecular formula is C22H21F2N3O6S. The van der Waals surface area contributed by atoms with E-state index in [0.29, 0.717) is 16.4 Å². The van der Waals surface area contributed by atoms with Crippen molar-refractivity contribution in [2.24, 2.45) is 5.73 Å². The first kappa shape index (κ1) is 24.7. The van der Waals surface area contributed by atoms with Gasteiger partial charge < -0.3 is 24.7 Å². The van der Waals surface area contributed by atoms with Crippen molar-refractivity contribution in [2.75, 3.05) is 26.1 Å². The van der Waals surface area contributed by atoms with Crippen molar-refractivity contribution in [3.05, 3.63) is 46.8 Å². The molecule has 0 aliphatic heterocycles. The second-order valence-corrected chi connectivity index (χ2v) is 7.95. The minimum Gasteiger partial charge on any atom is -0.493 e. The highest BCUT2D eigenvalue weighted by molar-refractivity contribution is 7.16. The van der Waals surface area contributed by atoms with Crippen LogP contribution in [0.4, 0.5) is 13.9 Å². The van der Waals surface area contributed by atoms with Gasteiger partial charge in [-0.3, -0.25) is 14.9 Å². The smallest absolute Gasteiger partial charge is 0.387 e. The summed E-state index contributed by atoms with van der Waals surface area (Å²) in [6, 6.07) is 8.89. The van der Waals surface area contributed by atoms with Gasteiger partial charge in [-0.15, -0.1) is 11.3 Å². The van der Waals surface area contributed by atoms with Crippen molar-refractivity contribution in [3.8, 4) is 34.3 Å². The van der Waals surface area contributed by atoms with Crippen LogP contribution in [0.3, 0.4) is 0 Å². The molecule has 3 rings (SSSR count). The van der Waals surface area contributed by atoms with Crippen molar-refractivity contribution in [2.45, 2.75) is 13.5 Å². The number of hydrogen-bond donors (Lipinski definition) is 2. The van der Waals surface area contributed by atoms with Gasteiger partial charge in [0.1, 0.15) is 5.75 Å². The highest BCUT2D eigenvalue weighted by atomic mass is 32.1. The van der Waals surface area contributed by atoms with E-state index in [1.807, 2.05) is 6.92 Å². The highest BCUT2D eigenvalue weighted by Crippen LogP contribution is 2.39. The Morgan fingerprint density at radius 1 is 1.12 bits per heavy atom. The summed E-state index contributed by atoms with van der Waals surface area (Å²) in [7, 11) is 2.75. The number of benzene rings is 2. The predicted octanol–water partition coefficient (Wildman–Crippen LogP) is 3.85. The number of nitrogens with one attached hydrogen (secondary N) is 1. The number of amides is 2. The normalized spacial score (nSPS) is 10.6. The Morgan fingerprint density at radius 2 is 1.74 bits per heavy atom. The zero-order chi connectivity index (χ0) is 24.8. The summed E-state index contributed by atoms with van der Waals surface area (Å²) < 4.78 is 44.9. The molecule has 180 valence electrons. The number of halogens is 2. The van der Waals surface area contributed by atoms with Gasteiger partial charge in [-0.1, -0.05) is 0 Å². The minimum absolute atomic E-state index is 0.0336. The predicted molar refractivity (Wildman–Crippen MR) is 121 cm³/mol. The minimum atomic E-state index is -2.91. The van der Waals surface area contributed by atoms with Gasteiger partial charge in [-0.25, -0.2) is 4.98 Å². The molecule has 0 aliphatic carbocycles. The molecule has 3 aromatic rings. The van der Waals surface area contributed by atoms with Crippen LogP contribution in [-0.2, 0) is 4.79 Å². The number of ether oxygens (including phenoxy) is 4. The van der Waals surface area contributed by atoms with Crippen molar-refractivity contribution in [3.63, 3.8) is 0 Å². The van der Waals surface area contributed by atoms with E-state index in [0.717, 1.165) is 4.88 Å². The van der Waals surface area contributed by atoms with Crippen LogP contribution < -0.4 is 30.0 Å². The average molecular weight is 493 g/mol. The molecule has 0 spiro atoms. The molecule has 0 fully saturated rings. The number of hydrogen-bond acceptors (Lipinski definition) is 8. The Hall–Kier alpha value is -3.93. The number of alkyl halides is 2. The number of carbonyl (C=O) groups excluding carboxylic acids is 2. The summed E-state index contributed by atoms with van der Waals surface area (Å²) >= 11 is 1.25. The van der Waals surface area contributed by atoms with Crippen LogP contribution in [0.1, 0.15) is 15.2 Å². The van der Waals surface area contributed by atoms with E-state index in [9.17, 15) is 18.4 Å². The fourth-order valence-electron chi connectivity index (χ4n) is 2.98. The summed E-state index contributed by atoms with van der Waals surface area (Å²) in [4.78, 5) is 29.2. The first-order valence-electron chi connectivity index (χ1n) is 9.73. The number of aryl methyl sites for hydroxylation is 1. The first-order chi connectivity index (χ1) is 16.2. The molecule has 0 unspecified atom stereocenters. The summed E-state index contributed by atoms with van der Waals surface area (Å²) in [5.41, 5.74) is 6.58. The van der Waals surface area contributed by atoms with E-state index >= 15 is 0 Å². The Bertz CT molecular complexity index is 1160. The standard InChI is InChI=1S/C22H21F2N3O6S/c1-11-18(12-4-6-14(7-5-12)33-21(23)24)26-22(34-11)27-20(29)13-8-15(30-2)19(16(9-13)31-3)32-10-17(25)28/h4-9,21H,10H2,1-3H3,(H2,25,28)(H,26,27,29). The third-order valence-corrected chi connectivity index (χ3v) is 5.34. The van der Waals surface area contributed by atoms with Crippen LogP contribution in [0.15, 0.2) is 36.4 Å². The number of rotatable bonds is 10. The monoisotopic (exact) mass is 493 g/mol. The van der Waals surface area contributed by atoms with Gasteiger partial charge in [0.05, 0.1) is 19.9 Å².